The summed E-state index contributed by atoms with van der Waals surface area (Å²) in [5, 5.41) is 14.2. The maximum atomic E-state index is 10.9. The number of hydrogen-bond donors (Lipinski definition) is 3. The number of nitrogens with one attached hydrogen (secondary N) is 1. The van der Waals surface area contributed by atoms with Crippen LogP contribution < -0.4 is 11.1 Å². The molecule has 0 aromatic heterocycles. The van der Waals surface area contributed by atoms with E-state index in [9.17, 15) is 5.11 Å². The first-order chi connectivity index (χ1) is 7.66. The fraction of sp³-hybridized carbons (Fsp3) is 1.00. The van der Waals surface area contributed by atoms with Gasteiger partial charge >= 0.3 is 0 Å². The molecule has 1 saturated heterocycles. The van der Waals surface area contributed by atoms with Crippen LogP contribution in [-0.4, -0.2) is 30.3 Å². The van der Waals surface area contributed by atoms with Crippen LogP contribution in [0.3, 0.4) is 0 Å². The zero-order valence-corrected chi connectivity index (χ0v) is 10.5. The lowest BCUT2D eigenvalue weighted by atomic mass is 9.65. The third kappa shape index (κ3) is 1.89. The number of piperidine rings is 1. The predicted molar refractivity (Wildman–Crippen MR) is 66.2 cm³/mol. The van der Waals surface area contributed by atoms with Gasteiger partial charge in [-0.05, 0) is 51.1 Å². The van der Waals surface area contributed by atoms with Gasteiger partial charge in [0.2, 0.25) is 0 Å². The second-order valence-corrected chi connectivity index (χ2v) is 5.78. The molecular weight excluding hydrogens is 200 g/mol. The second kappa shape index (κ2) is 4.63. The Morgan fingerprint density at radius 3 is 2.50 bits per heavy atom. The van der Waals surface area contributed by atoms with Crippen LogP contribution in [0.4, 0.5) is 0 Å². The average molecular weight is 226 g/mol. The van der Waals surface area contributed by atoms with Crippen molar-refractivity contribution in [2.24, 2.45) is 17.1 Å². The van der Waals surface area contributed by atoms with Gasteiger partial charge in [0.15, 0.2) is 0 Å². The zero-order valence-electron chi connectivity index (χ0n) is 10.5. The van der Waals surface area contributed by atoms with Gasteiger partial charge < -0.3 is 16.2 Å². The SMILES string of the molecule is CCC1CCC(CN)(C2(O)CCNCC2)C1. The van der Waals surface area contributed by atoms with Gasteiger partial charge in [0, 0.05) is 12.0 Å². The molecule has 0 radical (unpaired) electrons. The quantitative estimate of drug-likeness (QED) is 0.679. The maximum absolute atomic E-state index is 10.9. The molecule has 2 atom stereocenters. The Kier molecular flexibility index (Phi) is 3.57. The topological polar surface area (TPSA) is 58.3 Å². The Hall–Kier alpha value is -0.120. The van der Waals surface area contributed by atoms with Gasteiger partial charge in [-0.2, -0.15) is 0 Å². The summed E-state index contributed by atoms with van der Waals surface area (Å²) >= 11 is 0. The van der Waals surface area contributed by atoms with Crippen molar-refractivity contribution in [3.05, 3.63) is 0 Å². The number of rotatable bonds is 3. The lowest BCUT2D eigenvalue weighted by Crippen LogP contribution is -2.56. The van der Waals surface area contributed by atoms with Gasteiger partial charge in [-0.15, -0.1) is 0 Å². The summed E-state index contributed by atoms with van der Waals surface area (Å²) < 4.78 is 0. The van der Waals surface area contributed by atoms with Crippen LogP contribution in [0.2, 0.25) is 0 Å². The molecule has 1 saturated carbocycles. The van der Waals surface area contributed by atoms with Crippen molar-refractivity contribution in [3.8, 4) is 0 Å². The second-order valence-electron chi connectivity index (χ2n) is 5.78. The predicted octanol–water partition coefficient (Wildman–Crippen LogP) is 1.26. The summed E-state index contributed by atoms with van der Waals surface area (Å²) in [7, 11) is 0. The molecule has 2 aliphatic rings. The van der Waals surface area contributed by atoms with Crippen LogP contribution in [0, 0.1) is 11.3 Å². The molecule has 0 aromatic carbocycles. The molecule has 0 amide bonds. The van der Waals surface area contributed by atoms with Crippen molar-refractivity contribution in [3.63, 3.8) is 0 Å². The largest absolute Gasteiger partial charge is 0.389 e. The molecule has 3 heteroatoms. The first kappa shape index (κ1) is 12.3. The summed E-state index contributed by atoms with van der Waals surface area (Å²) in [4.78, 5) is 0. The minimum atomic E-state index is -0.503. The van der Waals surface area contributed by atoms with Crippen LogP contribution in [0.1, 0.15) is 45.4 Å². The summed E-state index contributed by atoms with van der Waals surface area (Å²) in [6.45, 7) is 4.79. The molecule has 2 fully saturated rings. The molecule has 94 valence electrons. The van der Waals surface area contributed by atoms with Crippen molar-refractivity contribution in [2.45, 2.75) is 51.0 Å². The zero-order chi connectivity index (χ0) is 11.6. The van der Waals surface area contributed by atoms with E-state index in [0.717, 1.165) is 44.7 Å². The monoisotopic (exact) mass is 226 g/mol. The highest BCUT2D eigenvalue weighted by Gasteiger charge is 2.52. The minimum Gasteiger partial charge on any atom is -0.389 e. The first-order valence-electron chi connectivity index (χ1n) is 6.79. The molecular formula is C13H26N2O. The van der Waals surface area contributed by atoms with Crippen LogP contribution in [0.5, 0.6) is 0 Å². The molecule has 1 aliphatic heterocycles. The van der Waals surface area contributed by atoms with E-state index in [0.29, 0.717) is 6.54 Å². The number of aliphatic hydroxyl groups is 1. The average Bonchev–Trinajstić information content (AvgIpc) is 2.75. The summed E-state index contributed by atoms with van der Waals surface area (Å²) in [5.74, 6) is 0.780. The van der Waals surface area contributed by atoms with Crippen molar-refractivity contribution in [1.82, 2.24) is 5.32 Å². The van der Waals surface area contributed by atoms with Crippen LogP contribution in [-0.2, 0) is 0 Å². The van der Waals surface area contributed by atoms with Gasteiger partial charge in [-0.1, -0.05) is 13.3 Å². The Morgan fingerprint density at radius 2 is 2.00 bits per heavy atom. The van der Waals surface area contributed by atoms with Gasteiger partial charge in [0.05, 0.1) is 5.60 Å². The fourth-order valence-corrected chi connectivity index (χ4v) is 3.75. The Morgan fingerprint density at radius 1 is 1.31 bits per heavy atom. The van der Waals surface area contributed by atoms with Crippen LogP contribution in [0.25, 0.3) is 0 Å². The third-order valence-electron chi connectivity index (χ3n) is 5.10. The van der Waals surface area contributed by atoms with Crippen LogP contribution >= 0.6 is 0 Å². The van der Waals surface area contributed by atoms with Gasteiger partial charge in [-0.25, -0.2) is 0 Å². The number of hydrogen-bond acceptors (Lipinski definition) is 3. The van der Waals surface area contributed by atoms with E-state index in [2.05, 4.69) is 12.2 Å². The van der Waals surface area contributed by atoms with E-state index >= 15 is 0 Å². The highest BCUT2D eigenvalue weighted by Crippen LogP contribution is 2.52. The van der Waals surface area contributed by atoms with E-state index < -0.39 is 5.60 Å². The number of nitrogens with two attached hydrogens (primary N) is 1. The Balaban J connectivity index is 2.14. The van der Waals surface area contributed by atoms with Crippen molar-refractivity contribution < 1.29 is 5.11 Å². The summed E-state index contributed by atoms with van der Waals surface area (Å²) in [6.07, 6.45) is 6.50. The van der Waals surface area contributed by atoms with Crippen molar-refractivity contribution in [2.75, 3.05) is 19.6 Å². The van der Waals surface area contributed by atoms with Crippen LogP contribution in [0.15, 0.2) is 0 Å². The molecule has 4 N–H and O–H groups in total. The standard InChI is InChI=1S/C13H26N2O/c1-2-11-3-4-12(9-11,10-14)13(16)5-7-15-8-6-13/h11,15-16H,2-10,14H2,1H3. The van der Waals surface area contributed by atoms with Gasteiger partial charge in [0.1, 0.15) is 0 Å². The molecule has 1 heterocycles. The van der Waals surface area contributed by atoms with E-state index in [1.165, 1.54) is 12.8 Å². The molecule has 1 aliphatic carbocycles. The molecule has 2 unspecified atom stereocenters. The summed E-state index contributed by atoms with van der Waals surface area (Å²) in [6, 6.07) is 0. The lowest BCUT2D eigenvalue weighted by Gasteiger charge is -2.47. The lowest BCUT2D eigenvalue weighted by molar-refractivity contribution is -0.1000. The minimum absolute atomic E-state index is 0.00970. The van der Waals surface area contributed by atoms with Crippen molar-refractivity contribution >= 4 is 0 Å². The molecule has 2 rings (SSSR count). The molecule has 3 nitrogen and oxygen atoms in total. The highest BCUT2D eigenvalue weighted by molar-refractivity contribution is 5.05. The molecule has 16 heavy (non-hydrogen) atoms. The normalized spacial score (nSPS) is 38.8. The van der Waals surface area contributed by atoms with E-state index in [1.54, 1.807) is 0 Å². The third-order valence-corrected chi connectivity index (χ3v) is 5.10. The van der Waals surface area contributed by atoms with Gasteiger partial charge in [-0.3, -0.25) is 0 Å². The van der Waals surface area contributed by atoms with Crippen molar-refractivity contribution in [1.29, 1.82) is 0 Å². The highest BCUT2D eigenvalue weighted by atomic mass is 16.3. The van der Waals surface area contributed by atoms with E-state index in [1.807, 2.05) is 0 Å². The molecule has 0 aromatic rings. The summed E-state index contributed by atoms with van der Waals surface area (Å²) in [5.41, 5.74) is 5.53. The van der Waals surface area contributed by atoms with E-state index in [-0.39, 0.29) is 5.41 Å². The van der Waals surface area contributed by atoms with Gasteiger partial charge in [0.25, 0.3) is 0 Å². The molecule has 0 spiro atoms. The smallest absolute Gasteiger partial charge is 0.0740 e. The molecule has 0 bridgehead atoms. The maximum Gasteiger partial charge on any atom is 0.0740 e. The first-order valence-corrected chi connectivity index (χ1v) is 6.79. The Labute approximate surface area is 98.8 Å². The van der Waals surface area contributed by atoms with E-state index in [4.69, 9.17) is 5.73 Å². The Bertz CT molecular complexity index is 238. The fourth-order valence-electron chi connectivity index (χ4n) is 3.75.